The number of nitrogens with one attached hydrogen (secondary N) is 1. The van der Waals surface area contributed by atoms with Gasteiger partial charge in [0.1, 0.15) is 5.41 Å². The first-order valence-corrected chi connectivity index (χ1v) is 6.26. The molecule has 0 aromatic heterocycles. The van der Waals surface area contributed by atoms with Crippen LogP contribution in [0.5, 0.6) is 0 Å². The number of rotatable bonds is 3. The average molecular weight is 312 g/mol. The first-order valence-electron chi connectivity index (χ1n) is 5.47. The molecule has 18 heavy (non-hydrogen) atoms. The van der Waals surface area contributed by atoms with E-state index < -0.39 is 17.6 Å². The van der Waals surface area contributed by atoms with Gasteiger partial charge in [0.2, 0.25) is 11.8 Å². The highest BCUT2D eigenvalue weighted by atomic mass is 79.9. The standard InChI is InChI=1S/C12H14BrN3O2/c1-12(2,10(14)17)11-16-15-9(18-11)7-3-5-8(13)6-4-7/h3-6,11,16H,1-2H3,(H2,14,17). The highest BCUT2D eigenvalue weighted by Crippen LogP contribution is 2.25. The number of hydrogen-bond donors (Lipinski definition) is 2. The predicted octanol–water partition coefficient (Wildman–Crippen LogP) is 1.57. The van der Waals surface area contributed by atoms with Crippen LogP contribution < -0.4 is 11.2 Å². The van der Waals surface area contributed by atoms with E-state index in [9.17, 15) is 4.79 Å². The van der Waals surface area contributed by atoms with Gasteiger partial charge in [0.05, 0.1) is 0 Å². The minimum atomic E-state index is -0.833. The van der Waals surface area contributed by atoms with E-state index in [0.717, 1.165) is 10.0 Å². The molecule has 3 N–H and O–H groups in total. The number of carbonyl (C=O) groups excluding carboxylic acids is 1. The molecular formula is C12H14BrN3O2. The van der Waals surface area contributed by atoms with E-state index in [-0.39, 0.29) is 0 Å². The molecule has 1 aliphatic rings. The molecule has 0 aliphatic carbocycles. The van der Waals surface area contributed by atoms with Crippen molar-refractivity contribution in [3.05, 3.63) is 34.3 Å². The third kappa shape index (κ3) is 2.33. The fourth-order valence-electron chi connectivity index (χ4n) is 1.44. The van der Waals surface area contributed by atoms with Gasteiger partial charge in [-0.05, 0) is 38.1 Å². The Morgan fingerprint density at radius 2 is 2.06 bits per heavy atom. The van der Waals surface area contributed by atoms with Crippen LogP contribution in [-0.2, 0) is 9.53 Å². The lowest BCUT2D eigenvalue weighted by molar-refractivity contribution is -0.131. The average Bonchev–Trinajstić information content (AvgIpc) is 2.79. The Morgan fingerprint density at radius 1 is 1.44 bits per heavy atom. The van der Waals surface area contributed by atoms with Crippen LogP contribution in [0.4, 0.5) is 0 Å². The van der Waals surface area contributed by atoms with E-state index in [1.165, 1.54) is 0 Å². The van der Waals surface area contributed by atoms with Gasteiger partial charge in [-0.25, -0.2) is 0 Å². The summed E-state index contributed by atoms with van der Waals surface area (Å²) in [6.45, 7) is 3.43. The Kier molecular flexibility index (Phi) is 3.30. The van der Waals surface area contributed by atoms with E-state index in [1.807, 2.05) is 24.3 Å². The first kappa shape index (κ1) is 12.9. The van der Waals surface area contributed by atoms with E-state index >= 15 is 0 Å². The summed E-state index contributed by atoms with van der Waals surface area (Å²) in [6.07, 6.45) is -0.548. The number of amides is 1. The number of hydrazone groups is 1. The lowest BCUT2D eigenvalue weighted by atomic mass is 9.90. The van der Waals surface area contributed by atoms with Gasteiger partial charge in [-0.15, -0.1) is 5.10 Å². The summed E-state index contributed by atoms with van der Waals surface area (Å²) >= 11 is 3.36. The zero-order valence-corrected chi connectivity index (χ0v) is 11.7. The van der Waals surface area contributed by atoms with Crippen LogP contribution in [0.25, 0.3) is 0 Å². The van der Waals surface area contributed by atoms with E-state index in [4.69, 9.17) is 10.5 Å². The molecule has 0 saturated heterocycles. The zero-order chi connectivity index (χ0) is 13.3. The Balaban J connectivity index is 2.13. The lowest BCUT2D eigenvalue weighted by Crippen LogP contribution is -2.47. The molecule has 2 rings (SSSR count). The molecular weight excluding hydrogens is 298 g/mol. The minimum absolute atomic E-state index is 0.438. The van der Waals surface area contributed by atoms with Crippen LogP contribution in [0.15, 0.2) is 33.8 Å². The number of primary amides is 1. The summed E-state index contributed by atoms with van der Waals surface area (Å²) in [5, 5.41) is 4.09. The molecule has 0 fully saturated rings. The van der Waals surface area contributed by atoms with E-state index in [0.29, 0.717) is 5.90 Å². The van der Waals surface area contributed by atoms with E-state index in [2.05, 4.69) is 26.5 Å². The molecule has 1 atom stereocenters. The molecule has 1 aliphatic heterocycles. The highest BCUT2D eigenvalue weighted by Gasteiger charge is 2.40. The third-order valence-electron chi connectivity index (χ3n) is 2.89. The maximum absolute atomic E-state index is 11.3. The van der Waals surface area contributed by atoms with Crippen LogP contribution >= 0.6 is 15.9 Å². The number of nitrogens with zero attached hydrogens (tertiary/aromatic N) is 1. The van der Waals surface area contributed by atoms with Crippen molar-refractivity contribution >= 4 is 27.7 Å². The highest BCUT2D eigenvalue weighted by molar-refractivity contribution is 9.10. The molecule has 0 spiro atoms. The van der Waals surface area contributed by atoms with Crippen LogP contribution in [-0.4, -0.2) is 18.0 Å². The number of nitrogens with two attached hydrogens (primary N) is 1. The Morgan fingerprint density at radius 3 is 2.61 bits per heavy atom. The zero-order valence-electron chi connectivity index (χ0n) is 10.1. The maximum atomic E-state index is 11.3. The smallest absolute Gasteiger partial charge is 0.240 e. The second-order valence-electron chi connectivity index (χ2n) is 4.64. The number of ether oxygens (including phenoxy) is 1. The van der Waals surface area contributed by atoms with Crippen LogP contribution in [0, 0.1) is 5.41 Å². The van der Waals surface area contributed by atoms with Gasteiger partial charge in [-0.3, -0.25) is 10.2 Å². The summed E-state index contributed by atoms with van der Waals surface area (Å²) in [4.78, 5) is 11.3. The van der Waals surface area contributed by atoms with Gasteiger partial charge in [-0.1, -0.05) is 15.9 Å². The van der Waals surface area contributed by atoms with Crippen molar-refractivity contribution in [2.75, 3.05) is 0 Å². The summed E-state index contributed by atoms with van der Waals surface area (Å²) < 4.78 is 6.61. The fraction of sp³-hybridized carbons (Fsp3) is 0.333. The van der Waals surface area contributed by atoms with E-state index in [1.54, 1.807) is 13.8 Å². The molecule has 1 amide bonds. The quantitative estimate of drug-likeness (QED) is 0.889. The molecule has 1 unspecified atom stereocenters. The van der Waals surface area contributed by atoms with Gasteiger partial charge >= 0.3 is 0 Å². The second-order valence-corrected chi connectivity index (χ2v) is 5.55. The monoisotopic (exact) mass is 311 g/mol. The topological polar surface area (TPSA) is 76.7 Å². The van der Waals surface area contributed by atoms with Crippen LogP contribution in [0.3, 0.4) is 0 Å². The number of halogens is 1. The second kappa shape index (κ2) is 4.61. The van der Waals surface area contributed by atoms with Crippen molar-refractivity contribution in [2.45, 2.75) is 20.1 Å². The molecule has 0 radical (unpaired) electrons. The summed E-state index contributed by atoms with van der Waals surface area (Å²) in [6, 6.07) is 7.55. The van der Waals surface area contributed by atoms with Crippen molar-refractivity contribution < 1.29 is 9.53 Å². The Labute approximate surface area is 114 Å². The Bertz CT molecular complexity index is 497. The predicted molar refractivity (Wildman–Crippen MR) is 71.7 cm³/mol. The number of benzene rings is 1. The van der Waals surface area contributed by atoms with Gasteiger partial charge in [0.15, 0.2) is 6.23 Å². The molecule has 6 heteroatoms. The number of carbonyl (C=O) groups is 1. The molecule has 1 aromatic rings. The van der Waals surface area contributed by atoms with Crippen molar-refractivity contribution in [3.8, 4) is 0 Å². The van der Waals surface area contributed by atoms with Crippen LogP contribution in [0.1, 0.15) is 19.4 Å². The molecule has 5 nitrogen and oxygen atoms in total. The van der Waals surface area contributed by atoms with Gasteiger partial charge in [0, 0.05) is 10.0 Å². The maximum Gasteiger partial charge on any atom is 0.240 e. The van der Waals surface area contributed by atoms with Crippen molar-refractivity contribution in [3.63, 3.8) is 0 Å². The molecule has 96 valence electrons. The minimum Gasteiger partial charge on any atom is -0.450 e. The third-order valence-corrected chi connectivity index (χ3v) is 3.42. The van der Waals surface area contributed by atoms with Crippen molar-refractivity contribution in [1.82, 2.24) is 5.43 Å². The summed E-state index contributed by atoms with van der Waals surface area (Å²) in [5.74, 6) is 0.0223. The SMILES string of the molecule is CC(C)(C(N)=O)C1NN=C(c2ccc(Br)cc2)O1. The normalized spacial score (nSPS) is 18.8. The fourth-order valence-corrected chi connectivity index (χ4v) is 1.71. The molecule has 1 aromatic carbocycles. The van der Waals surface area contributed by atoms with Gasteiger partial charge in [0.25, 0.3) is 0 Å². The largest absolute Gasteiger partial charge is 0.450 e. The summed E-state index contributed by atoms with van der Waals surface area (Å²) in [7, 11) is 0. The van der Waals surface area contributed by atoms with Gasteiger partial charge in [-0.2, -0.15) is 0 Å². The van der Waals surface area contributed by atoms with Crippen LogP contribution in [0.2, 0.25) is 0 Å². The summed E-state index contributed by atoms with van der Waals surface area (Å²) in [5.41, 5.74) is 8.14. The number of hydrogen-bond acceptors (Lipinski definition) is 4. The lowest BCUT2D eigenvalue weighted by Gasteiger charge is -2.26. The molecule has 1 heterocycles. The van der Waals surface area contributed by atoms with Crippen molar-refractivity contribution in [2.24, 2.45) is 16.3 Å². The van der Waals surface area contributed by atoms with Crippen molar-refractivity contribution in [1.29, 1.82) is 0 Å². The first-order chi connectivity index (χ1) is 8.41. The molecule has 0 bridgehead atoms. The van der Waals surface area contributed by atoms with Gasteiger partial charge < -0.3 is 10.5 Å². The molecule has 0 saturated carbocycles. The Hall–Kier alpha value is -1.56.